The van der Waals surface area contributed by atoms with Crippen LogP contribution in [-0.2, 0) is 10.0 Å². The first kappa shape index (κ1) is 17.0. The maximum absolute atomic E-state index is 12.3. The average molecular weight is 360 g/mol. The average Bonchev–Trinajstić information content (AvgIpc) is 3.14. The minimum atomic E-state index is -3.86. The number of hydrogen-bond acceptors (Lipinski definition) is 6. The Morgan fingerprint density at radius 2 is 1.92 bits per heavy atom. The van der Waals surface area contributed by atoms with Gasteiger partial charge in [0.2, 0.25) is 10.0 Å². The Morgan fingerprint density at radius 1 is 1.20 bits per heavy atom. The zero-order chi connectivity index (χ0) is 18.0. The van der Waals surface area contributed by atoms with Gasteiger partial charge in [-0.25, -0.2) is 13.6 Å². The van der Waals surface area contributed by atoms with E-state index in [0.717, 1.165) is 0 Å². The fourth-order valence-electron chi connectivity index (χ4n) is 2.78. The summed E-state index contributed by atoms with van der Waals surface area (Å²) >= 11 is 0. The highest BCUT2D eigenvalue weighted by atomic mass is 32.2. The molecule has 0 unspecified atom stereocenters. The summed E-state index contributed by atoms with van der Waals surface area (Å²) in [5.41, 5.74) is 1.37. The number of rotatable bonds is 3. The maximum atomic E-state index is 12.3. The van der Waals surface area contributed by atoms with Crippen LogP contribution in [0.3, 0.4) is 0 Å². The fourth-order valence-corrected chi connectivity index (χ4v) is 3.32. The molecule has 0 saturated carbocycles. The summed E-state index contributed by atoms with van der Waals surface area (Å²) in [6, 6.07) is 7.86. The molecule has 1 saturated heterocycles. The van der Waals surface area contributed by atoms with Crippen molar-refractivity contribution in [3.05, 3.63) is 47.9 Å². The molecule has 130 valence electrons. The number of sulfonamides is 1. The molecule has 3 rings (SSSR count). The zero-order valence-electron chi connectivity index (χ0n) is 13.3. The molecule has 1 amide bonds. The number of hydrogen-bond donors (Lipinski definition) is 1. The lowest BCUT2D eigenvalue weighted by Crippen LogP contribution is -2.49. The largest absolute Gasteiger partial charge is 0.472 e. The number of piperazine rings is 1. The third-order valence-electron chi connectivity index (χ3n) is 4.09. The van der Waals surface area contributed by atoms with Gasteiger partial charge in [-0.2, -0.15) is 5.26 Å². The van der Waals surface area contributed by atoms with E-state index < -0.39 is 10.0 Å². The van der Waals surface area contributed by atoms with Gasteiger partial charge in [0.1, 0.15) is 12.3 Å². The van der Waals surface area contributed by atoms with Gasteiger partial charge in [0.15, 0.2) is 0 Å². The first-order valence-corrected chi connectivity index (χ1v) is 9.08. The Labute approximate surface area is 145 Å². The lowest BCUT2D eigenvalue weighted by Gasteiger charge is -2.36. The minimum absolute atomic E-state index is 0.0958. The number of amides is 1. The van der Waals surface area contributed by atoms with Crippen molar-refractivity contribution in [2.24, 2.45) is 5.14 Å². The standard InChI is InChI=1S/C16H16N4O4S/c17-10-13-9-14(25(18,22)23)1-2-15(13)19-4-6-20(7-5-19)16(21)12-3-8-24-11-12/h1-3,8-9,11H,4-7H2,(H2,18,22,23). The summed E-state index contributed by atoms with van der Waals surface area (Å²) in [7, 11) is -3.86. The molecule has 0 spiro atoms. The van der Waals surface area contributed by atoms with Crippen molar-refractivity contribution in [1.82, 2.24) is 4.90 Å². The molecule has 0 aliphatic carbocycles. The summed E-state index contributed by atoms with van der Waals surface area (Å²) in [6.07, 6.45) is 2.87. The van der Waals surface area contributed by atoms with E-state index in [4.69, 9.17) is 9.56 Å². The normalized spacial score (nSPS) is 15.0. The predicted octanol–water partition coefficient (Wildman–Crippen LogP) is 0.761. The fraction of sp³-hybridized carbons (Fsp3) is 0.250. The minimum Gasteiger partial charge on any atom is -0.472 e. The first-order valence-electron chi connectivity index (χ1n) is 7.53. The van der Waals surface area contributed by atoms with Crippen LogP contribution >= 0.6 is 0 Å². The molecule has 0 atom stereocenters. The number of primary sulfonamides is 1. The second kappa shape index (κ2) is 6.58. The van der Waals surface area contributed by atoms with E-state index in [-0.39, 0.29) is 16.4 Å². The van der Waals surface area contributed by atoms with E-state index in [2.05, 4.69) is 0 Å². The summed E-state index contributed by atoms with van der Waals surface area (Å²) in [4.78, 5) is 15.9. The molecule has 0 bridgehead atoms. The molecule has 2 aromatic rings. The number of nitriles is 1. The van der Waals surface area contributed by atoms with E-state index in [1.165, 1.54) is 24.7 Å². The van der Waals surface area contributed by atoms with Gasteiger partial charge < -0.3 is 14.2 Å². The van der Waals surface area contributed by atoms with Crippen molar-refractivity contribution in [1.29, 1.82) is 5.26 Å². The van der Waals surface area contributed by atoms with Crippen LogP contribution in [0.15, 0.2) is 46.1 Å². The van der Waals surface area contributed by atoms with Crippen LogP contribution in [0.25, 0.3) is 0 Å². The molecule has 25 heavy (non-hydrogen) atoms. The quantitative estimate of drug-likeness (QED) is 0.863. The summed E-state index contributed by atoms with van der Waals surface area (Å²) < 4.78 is 27.8. The van der Waals surface area contributed by atoms with Gasteiger partial charge in [0.05, 0.1) is 28.0 Å². The highest BCUT2D eigenvalue weighted by Crippen LogP contribution is 2.24. The van der Waals surface area contributed by atoms with Gasteiger partial charge in [-0.1, -0.05) is 0 Å². The smallest absolute Gasteiger partial charge is 0.257 e. The second-order valence-electron chi connectivity index (χ2n) is 5.63. The SMILES string of the molecule is N#Cc1cc(S(N)(=O)=O)ccc1N1CCN(C(=O)c2ccoc2)CC1. The number of carbonyl (C=O) groups is 1. The van der Waals surface area contributed by atoms with Crippen LogP contribution in [0, 0.1) is 11.3 Å². The van der Waals surface area contributed by atoms with E-state index in [9.17, 15) is 18.5 Å². The summed E-state index contributed by atoms with van der Waals surface area (Å²) in [5, 5.41) is 14.4. The first-order chi connectivity index (χ1) is 11.9. The number of nitrogens with zero attached hydrogens (tertiary/aromatic N) is 3. The summed E-state index contributed by atoms with van der Waals surface area (Å²) in [5.74, 6) is -0.0986. The van der Waals surface area contributed by atoms with E-state index in [0.29, 0.717) is 37.4 Å². The zero-order valence-corrected chi connectivity index (χ0v) is 14.1. The van der Waals surface area contributed by atoms with Crippen LogP contribution in [0.4, 0.5) is 5.69 Å². The topological polar surface area (TPSA) is 121 Å². The molecule has 1 aromatic heterocycles. The Bertz CT molecular complexity index is 924. The number of carbonyl (C=O) groups excluding carboxylic acids is 1. The van der Waals surface area contributed by atoms with Gasteiger partial charge in [-0.3, -0.25) is 4.79 Å². The van der Waals surface area contributed by atoms with Crippen LogP contribution in [0.5, 0.6) is 0 Å². The lowest BCUT2D eigenvalue weighted by atomic mass is 10.1. The Hall–Kier alpha value is -2.83. The molecule has 0 radical (unpaired) electrons. The van der Waals surface area contributed by atoms with Crippen molar-refractivity contribution in [2.45, 2.75) is 4.90 Å². The molecule has 1 aromatic carbocycles. The van der Waals surface area contributed by atoms with Crippen LogP contribution in [0.2, 0.25) is 0 Å². The maximum Gasteiger partial charge on any atom is 0.257 e. The van der Waals surface area contributed by atoms with Crippen LogP contribution < -0.4 is 10.0 Å². The van der Waals surface area contributed by atoms with Gasteiger partial charge in [0.25, 0.3) is 5.91 Å². The highest BCUT2D eigenvalue weighted by Gasteiger charge is 2.24. The highest BCUT2D eigenvalue weighted by molar-refractivity contribution is 7.89. The number of furan rings is 1. The lowest BCUT2D eigenvalue weighted by molar-refractivity contribution is 0.0746. The third-order valence-corrected chi connectivity index (χ3v) is 5.00. The van der Waals surface area contributed by atoms with Gasteiger partial charge >= 0.3 is 0 Å². The molecule has 1 aliphatic rings. The van der Waals surface area contributed by atoms with Crippen molar-refractivity contribution in [2.75, 3.05) is 31.1 Å². The molecule has 1 fully saturated rings. The van der Waals surface area contributed by atoms with Crippen molar-refractivity contribution in [3.8, 4) is 6.07 Å². The predicted molar refractivity (Wildman–Crippen MR) is 89.4 cm³/mol. The molecular formula is C16H16N4O4S. The Balaban J connectivity index is 1.75. The molecular weight excluding hydrogens is 344 g/mol. The number of nitrogens with two attached hydrogens (primary N) is 1. The van der Waals surface area contributed by atoms with E-state index >= 15 is 0 Å². The van der Waals surface area contributed by atoms with E-state index in [1.807, 2.05) is 11.0 Å². The number of anilines is 1. The van der Waals surface area contributed by atoms with Crippen molar-refractivity contribution >= 4 is 21.6 Å². The monoisotopic (exact) mass is 360 g/mol. The molecule has 1 aliphatic heterocycles. The Kier molecular flexibility index (Phi) is 4.48. The molecule has 2 heterocycles. The van der Waals surface area contributed by atoms with Crippen LogP contribution in [-0.4, -0.2) is 45.4 Å². The number of benzene rings is 1. The molecule has 8 nitrogen and oxygen atoms in total. The third kappa shape index (κ3) is 3.50. The van der Waals surface area contributed by atoms with Gasteiger partial charge in [-0.05, 0) is 24.3 Å². The van der Waals surface area contributed by atoms with Gasteiger partial charge in [-0.15, -0.1) is 0 Å². The molecule has 2 N–H and O–H groups in total. The Morgan fingerprint density at radius 3 is 2.48 bits per heavy atom. The second-order valence-corrected chi connectivity index (χ2v) is 7.19. The summed E-state index contributed by atoms with van der Waals surface area (Å²) in [6.45, 7) is 2.05. The molecule has 9 heteroatoms. The van der Waals surface area contributed by atoms with E-state index in [1.54, 1.807) is 17.0 Å². The van der Waals surface area contributed by atoms with Gasteiger partial charge in [0, 0.05) is 26.2 Å². The van der Waals surface area contributed by atoms with Crippen molar-refractivity contribution in [3.63, 3.8) is 0 Å². The van der Waals surface area contributed by atoms with Crippen LogP contribution in [0.1, 0.15) is 15.9 Å². The van der Waals surface area contributed by atoms with Crippen molar-refractivity contribution < 1.29 is 17.6 Å².